The molecule has 3 saturated heterocycles. The van der Waals surface area contributed by atoms with Gasteiger partial charge in [0.05, 0.1) is 23.3 Å². The molecule has 0 radical (unpaired) electrons. The first-order valence-corrected chi connectivity index (χ1v) is 9.88. The van der Waals surface area contributed by atoms with E-state index in [1.165, 1.54) is 17.0 Å². The van der Waals surface area contributed by atoms with Crippen LogP contribution in [0.25, 0.3) is 0 Å². The Balaban J connectivity index is 1.45. The maximum atomic E-state index is 13.2. The molecule has 6 nitrogen and oxygen atoms in total. The first-order valence-electron chi connectivity index (χ1n) is 9.88. The summed E-state index contributed by atoms with van der Waals surface area (Å²) in [7, 11) is 0. The van der Waals surface area contributed by atoms with Crippen LogP contribution in [0.3, 0.4) is 0 Å². The summed E-state index contributed by atoms with van der Waals surface area (Å²) < 4.78 is 39.3. The Morgan fingerprint density at radius 2 is 1.81 bits per heavy atom. The van der Waals surface area contributed by atoms with E-state index in [1.54, 1.807) is 23.1 Å². The predicted octanol–water partition coefficient (Wildman–Crippen LogP) is 3.45. The molecule has 31 heavy (non-hydrogen) atoms. The van der Waals surface area contributed by atoms with Gasteiger partial charge in [-0.15, -0.1) is 0 Å². The lowest BCUT2D eigenvalue weighted by atomic mass is 10.1. The largest absolute Gasteiger partial charge is 0.416 e. The van der Waals surface area contributed by atoms with Crippen LogP contribution in [0.15, 0.2) is 48.5 Å². The number of amides is 4. The predicted molar refractivity (Wildman–Crippen MR) is 104 cm³/mol. The third kappa shape index (κ3) is 2.90. The number of piperazine rings is 1. The highest BCUT2D eigenvalue weighted by atomic mass is 19.4. The number of imide groups is 1. The van der Waals surface area contributed by atoms with Gasteiger partial charge >= 0.3 is 12.2 Å². The molecule has 3 unspecified atom stereocenters. The summed E-state index contributed by atoms with van der Waals surface area (Å²) in [6.07, 6.45) is -4.11. The number of nitrogens with zero attached hydrogens (tertiary/aromatic N) is 3. The minimum Gasteiger partial charge on any atom is -0.331 e. The fourth-order valence-electron chi connectivity index (χ4n) is 4.89. The molecule has 3 fully saturated rings. The fraction of sp³-hybridized carbons (Fsp3) is 0.318. The van der Waals surface area contributed by atoms with Crippen molar-refractivity contribution < 1.29 is 27.6 Å². The second kappa shape index (κ2) is 6.57. The number of rotatable bonds is 2. The van der Waals surface area contributed by atoms with Crippen LogP contribution in [0, 0.1) is 6.92 Å². The zero-order valence-electron chi connectivity index (χ0n) is 16.5. The van der Waals surface area contributed by atoms with Crippen molar-refractivity contribution in [3.8, 4) is 0 Å². The monoisotopic (exact) mass is 429 g/mol. The minimum absolute atomic E-state index is 0.116. The number of hydrogen-bond donors (Lipinski definition) is 0. The van der Waals surface area contributed by atoms with E-state index in [-0.39, 0.29) is 17.6 Å². The Morgan fingerprint density at radius 3 is 2.52 bits per heavy atom. The molecule has 2 bridgehead atoms. The molecule has 0 N–H and O–H groups in total. The summed E-state index contributed by atoms with van der Waals surface area (Å²) in [6.45, 7) is 2.17. The second-order valence-corrected chi connectivity index (χ2v) is 8.14. The van der Waals surface area contributed by atoms with Crippen molar-refractivity contribution >= 4 is 23.5 Å². The number of fused-ring (bicyclic) bond motifs is 5. The molecule has 0 aromatic heterocycles. The van der Waals surface area contributed by atoms with Crippen molar-refractivity contribution in [2.45, 2.75) is 37.6 Å². The second-order valence-electron chi connectivity index (χ2n) is 8.14. The number of halogens is 3. The standard InChI is InChI=1S/C22H18F3N3O3/c1-12-4-2-5-13(8-12)19(29)26-11-16-10-17(26)18-20(30)28(21(31)27(16)18)15-7-3-6-14(9-15)22(23,24)25/h2-9,16-18H,10-11H2,1H3. The molecule has 9 heteroatoms. The quantitative estimate of drug-likeness (QED) is 0.688. The van der Waals surface area contributed by atoms with Crippen LogP contribution in [0.2, 0.25) is 0 Å². The van der Waals surface area contributed by atoms with Gasteiger partial charge < -0.3 is 9.80 Å². The fourth-order valence-corrected chi connectivity index (χ4v) is 4.89. The minimum atomic E-state index is -4.59. The number of carbonyl (C=O) groups is 3. The number of urea groups is 1. The van der Waals surface area contributed by atoms with Crippen molar-refractivity contribution in [1.29, 1.82) is 0 Å². The van der Waals surface area contributed by atoms with Gasteiger partial charge in [0, 0.05) is 12.1 Å². The highest BCUT2D eigenvalue weighted by molar-refractivity contribution is 6.22. The summed E-state index contributed by atoms with van der Waals surface area (Å²) >= 11 is 0. The third-order valence-electron chi connectivity index (χ3n) is 6.22. The molecule has 5 rings (SSSR count). The van der Waals surface area contributed by atoms with Gasteiger partial charge in [-0.3, -0.25) is 9.59 Å². The SMILES string of the molecule is Cc1cccc(C(=O)N2CC3CC2C2C(=O)N(c4cccc(C(F)(F)F)c4)C(=O)N32)c1. The molecular weight excluding hydrogens is 411 g/mol. The van der Waals surface area contributed by atoms with Crippen LogP contribution in [-0.2, 0) is 11.0 Å². The highest BCUT2D eigenvalue weighted by Crippen LogP contribution is 2.43. The summed E-state index contributed by atoms with van der Waals surface area (Å²) in [5.41, 5.74) is 0.386. The number of benzene rings is 2. The van der Waals surface area contributed by atoms with E-state index in [0.717, 1.165) is 22.6 Å². The number of likely N-dealkylation sites (tertiary alicyclic amines) is 1. The van der Waals surface area contributed by atoms with E-state index in [9.17, 15) is 27.6 Å². The topological polar surface area (TPSA) is 60.9 Å². The maximum absolute atomic E-state index is 13.2. The first-order chi connectivity index (χ1) is 14.7. The number of aryl methyl sites for hydroxylation is 1. The van der Waals surface area contributed by atoms with Crippen LogP contribution < -0.4 is 4.90 Å². The summed E-state index contributed by atoms with van der Waals surface area (Å²) in [5.74, 6) is -0.813. The Hall–Kier alpha value is -3.36. The number of hydrogen-bond acceptors (Lipinski definition) is 3. The molecule has 3 heterocycles. The molecule has 0 saturated carbocycles. The van der Waals surface area contributed by atoms with Gasteiger partial charge in [-0.25, -0.2) is 9.69 Å². The third-order valence-corrected chi connectivity index (χ3v) is 6.22. The first kappa shape index (κ1) is 19.6. The Bertz CT molecular complexity index is 1120. The van der Waals surface area contributed by atoms with Crippen LogP contribution in [-0.4, -0.2) is 52.3 Å². The van der Waals surface area contributed by atoms with E-state index in [1.807, 2.05) is 13.0 Å². The van der Waals surface area contributed by atoms with Crippen LogP contribution in [0.5, 0.6) is 0 Å². The lowest BCUT2D eigenvalue weighted by Gasteiger charge is -2.35. The molecule has 2 aromatic rings. The molecule has 0 aliphatic carbocycles. The van der Waals surface area contributed by atoms with Crippen molar-refractivity contribution in [1.82, 2.24) is 9.80 Å². The van der Waals surface area contributed by atoms with Crippen molar-refractivity contribution in [3.63, 3.8) is 0 Å². The van der Waals surface area contributed by atoms with Crippen LogP contribution in [0.4, 0.5) is 23.7 Å². The average Bonchev–Trinajstić information content (AvgIpc) is 3.38. The zero-order valence-corrected chi connectivity index (χ0v) is 16.5. The Labute approximate surface area is 175 Å². The number of alkyl halides is 3. The van der Waals surface area contributed by atoms with Crippen LogP contribution >= 0.6 is 0 Å². The smallest absolute Gasteiger partial charge is 0.331 e. The zero-order chi connectivity index (χ0) is 22.1. The van der Waals surface area contributed by atoms with Gasteiger partial charge in [0.1, 0.15) is 6.04 Å². The van der Waals surface area contributed by atoms with Crippen molar-refractivity contribution in [2.24, 2.45) is 0 Å². The molecule has 160 valence electrons. The Morgan fingerprint density at radius 1 is 1.06 bits per heavy atom. The van der Waals surface area contributed by atoms with E-state index >= 15 is 0 Å². The van der Waals surface area contributed by atoms with E-state index in [4.69, 9.17) is 0 Å². The molecule has 3 atom stereocenters. The van der Waals surface area contributed by atoms with Gasteiger partial charge in [-0.1, -0.05) is 23.8 Å². The van der Waals surface area contributed by atoms with Gasteiger partial charge in [0.15, 0.2) is 0 Å². The summed E-state index contributed by atoms with van der Waals surface area (Å²) in [6, 6.07) is 8.95. The highest BCUT2D eigenvalue weighted by Gasteiger charge is 2.63. The molecule has 0 spiro atoms. The van der Waals surface area contributed by atoms with Gasteiger partial charge in [0.2, 0.25) is 0 Å². The van der Waals surface area contributed by atoms with Gasteiger partial charge in [-0.05, 0) is 43.7 Å². The number of carbonyl (C=O) groups excluding carboxylic acids is 3. The van der Waals surface area contributed by atoms with Gasteiger partial charge in [0.25, 0.3) is 11.8 Å². The van der Waals surface area contributed by atoms with E-state index in [0.29, 0.717) is 18.5 Å². The van der Waals surface area contributed by atoms with E-state index < -0.39 is 35.8 Å². The Kier molecular flexibility index (Phi) is 4.15. The molecule has 3 aliphatic heterocycles. The van der Waals surface area contributed by atoms with E-state index in [2.05, 4.69) is 0 Å². The maximum Gasteiger partial charge on any atom is 0.416 e. The van der Waals surface area contributed by atoms with Gasteiger partial charge in [-0.2, -0.15) is 13.2 Å². The normalized spacial score (nSPS) is 24.9. The number of anilines is 1. The summed E-state index contributed by atoms with van der Waals surface area (Å²) in [4.78, 5) is 43.0. The molecule has 2 aromatic carbocycles. The van der Waals surface area contributed by atoms with Crippen molar-refractivity contribution in [2.75, 3.05) is 11.4 Å². The molecule has 4 amide bonds. The van der Waals surface area contributed by atoms with Crippen molar-refractivity contribution in [3.05, 3.63) is 65.2 Å². The molecular formula is C22H18F3N3O3. The lowest BCUT2D eigenvalue weighted by Crippen LogP contribution is -2.54. The van der Waals surface area contributed by atoms with Crippen LogP contribution in [0.1, 0.15) is 27.9 Å². The molecule has 3 aliphatic rings. The summed E-state index contributed by atoms with van der Waals surface area (Å²) in [5, 5.41) is 0. The average molecular weight is 429 g/mol. The lowest BCUT2D eigenvalue weighted by molar-refractivity contribution is -0.137.